The van der Waals surface area contributed by atoms with Crippen molar-refractivity contribution in [1.82, 2.24) is 0 Å². The molecule has 128 valence electrons. The maximum atomic E-state index is 12.7. The highest BCUT2D eigenvalue weighted by Crippen LogP contribution is 2.58. The topological polar surface area (TPSA) is 63.6 Å². The van der Waals surface area contributed by atoms with E-state index in [0.717, 1.165) is 25.7 Å². The first-order chi connectivity index (χ1) is 11.3. The van der Waals surface area contributed by atoms with Crippen LogP contribution < -0.4 is 0 Å². The van der Waals surface area contributed by atoms with Gasteiger partial charge in [-0.3, -0.25) is 9.59 Å². The zero-order valence-corrected chi connectivity index (χ0v) is 14.5. The van der Waals surface area contributed by atoms with Crippen LogP contribution in [0.25, 0.3) is 0 Å². The van der Waals surface area contributed by atoms with Gasteiger partial charge in [-0.2, -0.15) is 0 Å². The maximum Gasteiger partial charge on any atom is 0.233 e. The van der Waals surface area contributed by atoms with Crippen LogP contribution in [0, 0.1) is 17.3 Å². The Balaban J connectivity index is 1.90. The third kappa shape index (κ3) is 1.89. The highest BCUT2D eigenvalue weighted by Gasteiger charge is 2.58. The molecule has 2 bridgehead atoms. The molecule has 3 aliphatic carbocycles. The predicted octanol–water partition coefficient (Wildman–Crippen LogP) is 3.44. The molecule has 1 heterocycles. The van der Waals surface area contributed by atoms with E-state index in [1.54, 1.807) is 0 Å². The Morgan fingerprint density at radius 1 is 1.21 bits per heavy atom. The summed E-state index contributed by atoms with van der Waals surface area (Å²) in [5, 5.41) is 10.7. The number of carbonyl (C=O) groups excluding carboxylic acids is 2. The highest BCUT2D eigenvalue weighted by molar-refractivity contribution is 6.51. The number of rotatable bonds is 1. The van der Waals surface area contributed by atoms with Crippen molar-refractivity contribution in [1.29, 1.82) is 0 Å². The molecule has 4 rings (SSSR count). The summed E-state index contributed by atoms with van der Waals surface area (Å²) in [5.74, 6) is -0.977. The number of ether oxygens (including phenoxy) is 1. The first-order valence-electron chi connectivity index (χ1n) is 8.89. The van der Waals surface area contributed by atoms with E-state index >= 15 is 0 Å². The zero-order chi connectivity index (χ0) is 17.3. The quantitative estimate of drug-likeness (QED) is 0.749. The Labute approximate surface area is 142 Å². The smallest absolute Gasteiger partial charge is 0.233 e. The number of fused-ring (bicyclic) bond motifs is 1. The van der Waals surface area contributed by atoms with Crippen molar-refractivity contribution in [3.05, 3.63) is 34.6 Å². The third-order valence-corrected chi connectivity index (χ3v) is 6.44. The fourth-order valence-electron chi connectivity index (χ4n) is 5.16. The summed E-state index contributed by atoms with van der Waals surface area (Å²) >= 11 is 0. The van der Waals surface area contributed by atoms with Gasteiger partial charge in [-0.15, -0.1) is 0 Å². The molecular weight excluding hydrogens is 304 g/mol. The van der Waals surface area contributed by atoms with Gasteiger partial charge in [0.05, 0.1) is 12.2 Å². The van der Waals surface area contributed by atoms with Crippen LogP contribution >= 0.6 is 0 Å². The van der Waals surface area contributed by atoms with E-state index in [4.69, 9.17) is 4.74 Å². The molecular formula is C20H24O4. The Bertz CT molecular complexity index is 739. The van der Waals surface area contributed by atoms with Crippen LogP contribution in [0.15, 0.2) is 34.6 Å². The van der Waals surface area contributed by atoms with Crippen molar-refractivity contribution < 1.29 is 19.4 Å². The Kier molecular flexibility index (Phi) is 3.24. The number of ketones is 2. The van der Waals surface area contributed by atoms with E-state index in [0.29, 0.717) is 23.7 Å². The first kappa shape index (κ1) is 15.8. The molecule has 1 saturated carbocycles. The van der Waals surface area contributed by atoms with Crippen molar-refractivity contribution in [2.45, 2.75) is 52.1 Å². The Morgan fingerprint density at radius 2 is 1.96 bits per heavy atom. The van der Waals surface area contributed by atoms with Crippen molar-refractivity contribution in [3.8, 4) is 0 Å². The van der Waals surface area contributed by atoms with Gasteiger partial charge in [0.25, 0.3) is 0 Å². The summed E-state index contributed by atoms with van der Waals surface area (Å²) in [6.07, 6.45) is 7.65. The van der Waals surface area contributed by atoms with Gasteiger partial charge in [0.15, 0.2) is 0 Å². The summed E-state index contributed by atoms with van der Waals surface area (Å²) in [6, 6.07) is 0. The number of allylic oxidation sites excluding steroid dienone is 3. The summed E-state index contributed by atoms with van der Waals surface area (Å²) < 4.78 is 6.22. The van der Waals surface area contributed by atoms with Gasteiger partial charge in [0, 0.05) is 22.6 Å². The molecule has 1 N–H and O–H groups in total. The van der Waals surface area contributed by atoms with Crippen LogP contribution in [-0.4, -0.2) is 28.9 Å². The molecule has 0 aromatic rings. The minimum Gasteiger partial charge on any atom is -0.507 e. The summed E-state index contributed by atoms with van der Waals surface area (Å²) in [7, 11) is 0. The molecule has 1 aliphatic heterocycles. The van der Waals surface area contributed by atoms with Gasteiger partial charge in [0.1, 0.15) is 5.76 Å². The fourth-order valence-corrected chi connectivity index (χ4v) is 5.16. The van der Waals surface area contributed by atoms with E-state index in [-0.39, 0.29) is 22.7 Å². The fraction of sp³-hybridized carbons (Fsp3) is 0.600. The Hall–Kier alpha value is -1.68. The second kappa shape index (κ2) is 4.92. The van der Waals surface area contributed by atoms with E-state index in [2.05, 4.69) is 6.92 Å². The van der Waals surface area contributed by atoms with Gasteiger partial charge in [-0.1, -0.05) is 26.8 Å². The van der Waals surface area contributed by atoms with Crippen molar-refractivity contribution >= 4 is 11.6 Å². The summed E-state index contributed by atoms with van der Waals surface area (Å²) in [6.45, 7) is 6.61. The highest BCUT2D eigenvalue weighted by atomic mass is 16.5. The van der Waals surface area contributed by atoms with Gasteiger partial charge in [-0.05, 0) is 43.1 Å². The summed E-state index contributed by atoms with van der Waals surface area (Å²) in [4.78, 5) is 25.2. The van der Waals surface area contributed by atoms with Gasteiger partial charge in [0.2, 0.25) is 11.6 Å². The van der Waals surface area contributed by atoms with E-state index < -0.39 is 17.2 Å². The molecule has 0 aromatic carbocycles. The molecule has 4 aliphatic rings. The number of hydrogen-bond acceptors (Lipinski definition) is 4. The molecule has 4 nitrogen and oxygen atoms in total. The molecule has 24 heavy (non-hydrogen) atoms. The molecule has 0 unspecified atom stereocenters. The predicted molar refractivity (Wildman–Crippen MR) is 89.4 cm³/mol. The van der Waals surface area contributed by atoms with Crippen LogP contribution in [0.1, 0.15) is 46.5 Å². The van der Waals surface area contributed by atoms with Gasteiger partial charge >= 0.3 is 0 Å². The lowest BCUT2D eigenvalue weighted by molar-refractivity contribution is -0.132. The molecule has 4 heteroatoms. The monoisotopic (exact) mass is 328 g/mol. The van der Waals surface area contributed by atoms with Gasteiger partial charge < -0.3 is 9.84 Å². The number of aliphatic hydroxyl groups is 1. The van der Waals surface area contributed by atoms with Crippen LogP contribution in [0.3, 0.4) is 0 Å². The summed E-state index contributed by atoms with van der Waals surface area (Å²) in [5.41, 5.74) is 0.753. The van der Waals surface area contributed by atoms with E-state index in [1.807, 2.05) is 26.0 Å². The molecule has 3 atom stereocenters. The maximum absolute atomic E-state index is 12.7. The number of carbonyl (C=O) groups is 2. The average Bonchev–Trinajstić information content (AvgIpc) is 2.68. The molecule has 1 saturated heterocycles. The minimum atomic E-state index is -0.572. The van der Waals surface area contributed by atoms with Crippen molar-refractivity contribution in [2.75, 3.05) is 6.61 Å². The number of hydrogen-bond donors (Lipinski definition) is 1. The van der Waals surface area contributed by atoms with Crippen LogP contribution in [0.4, 0.5) is 0 Å². The van der Waals surface area contributed by atoms with E-state index in [1.165, 1.54) is 0 Å². The number of Topliss-reactive ketones (excluding diaryl/α,β-unsaturated/α-hetero) is 2. The lowest BCUT2D eigenvalue weighted by Gasteiger charge is -2.41. The van der Waals surface area contributed by atoms with Crippen molar-refractivity contribution in [3.63, 3.8) is 0 Å². The lowest BCUT2D eigenvalue weighted by atomic mass is 9.62. The molecule has 0 spiro atoms. The second-order valence-corrected chi connectivity index (χ2v) is 8.29. The van der Waals surface area contributed by atoms with Crippen LogP contribution in [0.2, 0.25) is 0 Å². The molecule has 0 radical (unpaired) electrons. The van der Waals surface area contributed by atoms with E-state index in [9.17, 15) is 14.7 Å². The minimum absolute atomic E-state index is 0.0167. The normalized spacial score (nSPS) is 38.6. The van der Waals surface area contributed by atoms with Crippen LogP contribution in [-0.2, 0) is 14.3 Å². The largest absolute Gasteiger partial charge is 0.507 e. The second-order valence-electron chi connectivity index (χ2n) is 8.29. The number of aliphatic hydroxyl groups excluding tert-OH is 1. The lowest BCUT2D eigenvalue weighted by Crippen LogP contribution is -2.42. The molecule has 2 fully saturated rings. The third-order valence-electron chi connectivity index (χ3n) is 6.44. The average molecular weight is 328 g/mol. The first-order valence-corrected chi connectivity index (χ1v) is 8.89. The zero-order valence-electron chi connectivity index (χ0n) is 14.5. The standard InChI is InChI=1S/C20H24O4/c1-11(2)15-16(21)12-5-6-14-19(3)7-4-8-20(14,24-10-19)9-13(12)17(22)18(15)23/h5,9,11,14,21H,4,6-8,10H2,1-3H3/t14-,19+,20-/m0/s1. The Morgan fingerprint density at radius 3 is 2.67 bits per heavy atom. The SMILES string of the molecule is CC(C)C1=C(O)C2=CC[C@H]3[C@]4(C)CCC[C@@]3(C=C2C(=O)C1=O)OC4. The molecule has 0 amide bonds. The van der Waals surface area contributed by atoms with Crippen LogP contribution in [0.5, 0.6) is 0 Å². The van der Waals surface area contributed by atoms with Crippen molar-refractivity contribution in [2.24, 2.45) is 17.3 Å². The van der Waals surface area contributed by atoms with Gasteiger partial charge in [-0.25, -0.2) is 0 Å². The molecule has 0 aromatic heterocycles.